The summed E-state index contributed by atoms with van der Waals surface area (Å²) in [6, 6.07) is 17.8. The van der Waals surface area contributed by atoms with Crippen molar-refractivity contribution in [3.05, 3.63) is 48.5 Å². The van der Waals surface area contributed by atoms with E-state index in [-0.39, 0.29) is 0 Å². The van der Waals surface area contributed by atoms with Crippen molar-refractivity contribution in [3.8, 4) is 0 Å². The number of hydrogen-bond acceptors (Lipinski definition) is 2. The van der Waals surface area contributed by atoms with Gasteiger partial charge in [0, 0.05) is 16.3 Å². The first-order valence-electron chi connectivity index (χ1n) is 14.0. The minimum Gasteiger partial charge on any atom is -0.340 e. The van der Waals surface area contributed by atoms with E-state index in [2.05, 4.69) is 60.4 Å². The van der Waals surface area contributed by atoms with Crippen molar-refractivity contribution < 1.29 is 0 Å². The van der Waals surface area contributed by atoms with E-state index in [0.717, 1.165) is 6.54 Å². The van der Waals surface area contributed by atoms with Crippen LogP contribution >= 0.6 is 11.8 Å². The molecule has 0 amide bonds. The van der Waals surface area contributed by atoms with Gasteiger partial charge in [-0.05, 0) is 30.7 Å². The quantitative estimate of drug-likeness (QED) is 0.201. The second kappa shape index (κ2) is 16.3. The molecule has 2 heteroatoms. The van der Waals surface area contributed by atoms with Gasteiger partial charge in [0.25, 0.3) is 0 Å². The first-order chi connectivity index (χ1) is 16.4. The highest BCUT2D eigenvalue weighted by atomic mass is 32.2. The van der Waals surface area contributed by atoms with Crippen molar-refractivity contribution in [2.24, 2.45) is 0 Å². The first-order valence-corrected chi connectivity index (χ1v) is 14.8. The monoisotopic (exact) mass is 465 g/mol. The summed E-state index contributed by atoms with van der Waals surface area (Å²) in [4.78, 5) is 5.33. The highest BCUT2D eigenvalue weighted by Gasteiger charge is 2.22. The molecule has 0 aliphatic carbocycles. The molecule has 0 saturated carbocycles. The van der Waals surface area contributed by atoms with Gasteiger partial charge in [0.1, 0.15) is 0 Å². The third-order valence-corrected chi connectivity index (χ3v) is 8.15. The number of fused-ring (bicyclic) bond motifs is 2. The van der Waals surface area contributed by atoms with Crippen molar-refractivity contribution in [3.63, 3.8) is 0 Å². The van der Waals surface area contributed by atoms with E-state index in [4.69, 9.17) is 0 Å². The summed E-state index contributed by atoms with van der Waals surface area (Å²) >= 11 is 1.91. The van der Waals surface area contributed by atoms with Crippen LogP contribution in [0.3, 0.4) is 0 Å². The van der Waals surface area contributed by atoms with Crippen LogP contribution in [0.25, 0.3) is 0 Å². The molecule has 3 rings (SSSR count). The lowest BCUT2D eigenvalue weighted by Crippen LogP contribution is -2.21. The number of anilines is 2. The van der Waals surface area contributed by atoms with Crippen LogP contribution in [0.2, 0.25) is 0 Å². The number of rotatable bonds is 18. The zero-order valence-electron chi connectivity index (χ0n) is 21.2. The van der Waals surface area contributed by atoms with E-state index in [1.165, 1.54) is 130 Å². The maximum absolute atomic E-state index is 2.55. The summed E-state index contributed by atoms with van der Waals surface area (Å²) < 4.78 is 0. The van der Waals surface area contributed by atoms with Crippen LogP contribution < -0.4 is 4.90 Å². The molecule has 182 valence electrons. The van der Waals surface area contributed by atoms with Gasteiger partial charge in [0.15, 0.2) is 0 Å². The normalized spacial score (nSPS) is 12.6. The molecule has 0 N–H and O–H groups in total. The van der Waals surface area contributed by atoms with Gasteiger partial charge in [-0.15, -0.1) is 0 Å². The Labute approximate surface area is 208 Å². The predicted octanol–water partition coefficient (Wildman–Crippen LogP) is 10.9. The predicted molar refractivity (Wildman–Crippen MR) is 148 cm³/mol. The number of nitrogens with zero attached hydrogens (tertiary/aromatic N) is 1. The fraction of sp³-hybridized carbons (Fsp3) is 0.613. The summed E-state index contributed by atoms with van der Waals surface area (Å²) in [5.74, 6) is 0. The van der Waals surface area contributed by atoms with E-state index in [9.17, 15) is 0 Å². The van der Waals surface area contributed by atoms with Crippen molar-refractivity contribution >= 4 is 23.1 Å². The average molecular weight is 466 g/mol. The van der Waals surface area contributed by atoms with Gasteiger partial charge in [-0.3, -0.25) is 0 Å². The van der Waals surface area contributed by atoms with Crippen LogP contribution in [0.4, 0.5) is 11.4 Å². The summed E-state index contributed by atoms with van der Waals surface area (Å²) in [6.45, 7) is 3.43. The number of benzene rings is 2. The van der Waals surface area contributed by atoms with E-state index in [0.29, 0.717) is 0 Å². The molecular formula is C31H47NS. The molecule has 0 fully saturated rings. The van der Waals surface area contributed by atoms with Crippen LogP contribution in [-0.2, 0) is 0 Å². The van der Waals surface area contributed by atoms with Crippen molar-refractivity contribution in [2.75, 3.05) is 11.4 Å². The third kappa shape index (κ3) is 9.39. The smallest absolute Gasteiger partial charge is 0.0552 e. The molecule has 1 heterocycles. The third-order valence-electron chi connectivity index (χ3n) is 7.02. The fourth-order valence-corrected chi connectivity index (χ4v) is 6.11. The maximum Gasteiger partial charge on any atom is 0.0552 e. The van der Waals surface area contributed by atoms with Crippen molar-refractivity contribution in [2.45, 2.75) is 126 Å². The zero-order chi connectivity index (χ0) is 23.0. The Morgan fingerprint density at radius 3 is 1.27 bits per heavy atom. The molecule has 0 atom stereocenters. The fourth-order valence-electron chi connectivity index (χ4n) is 5.02. The van der Waals surface area contributed by atoms with Gasteiger partial charge in [0.05, 0.1) is 11.4 Å². The van der Waals surface area contributed by atoms with E-state index >= 15 is 0 Å². The topological polar surface area (TPSA) is 3.24 Å². The molecule has 1 nitrogen and oxygen atoms in total. The summed E-state index contributed by atoms with van der Waals surface area (Å²) in [6.07, 6.45) is 24.3. The second-order valence-corrected chi connectivity index (χ2v) is 10.9. The lowest BCUT2D eigenvalue weighted by molar-refractivity contribution is 0.527. The average Bonchev–Trinajstić information content (AvgIpc) is 2.85. The summed E-state index contributed by atoms with van der Waals surface area (Å²) in [5, 5.41) is 0. The maximum atomic E-state index is 2.55. The summed E-state index contributed by atoms with van der Waals surface area (Å²) in [7, 11) is 0. The Morgan fingerprint density at radius 2 is 0.848 bits per heavy atom. The van der Waals surface area contributed by atoms with E-state index < -0.39 is 0 Å². The Hall–Kier alpha value is -1.41. The molecule has 0 saturated heterocycles. The van der Waals surface area contributed by atoms with Crippen LogP contribution in [0.1, 0.15) is 116 Å². The highest BCUT2D eigenvalue weighted by molar-refractivity contribution is 7.99. The Balaban J connectivity index is 1.18. The van der Waals surface area contributed by atoms with Crippen LogP contribution in [0.5, 0.6) is 0 Å². The lowest BCUT2D eigenvalue weighted by Gasteiger charge is -2.32. The Kier molecular flexibility index (Phi) is 12.9. The first kappa shape index (κ1) is 26.2. The SMILES string of the molecule is CCCCCCCCCCCCCCCCCCCN1c2ccccc2Sc2ccccc21. The molecule has 1 aliphatic rings. The molecule has 0 spiro atoms. The largest absolute Gasteiger partial charge is 0.340 e. The molecular weight excluding hydrogens is 418 g/mol. The van der Waals surface area contributed by atoms with Crippen molar-refractivity contribution in [1.82, 2.24) is 0 Å². The standard InChI is InChI=1S/C31H47NS/c1-2-3-4-5-6-7-8-9-10-11-12-13-14-15-16-17-22-27-32-28-23-18-20-25-30(28)33-31-26-21-19-24-29(31)32/h18-21,23-26H,2-17,22,27H2,1H3. The lowest BCUT2D eigenvalue weighted by atomic mass is 10.0. The summed E-state index contributed by atoms with van der Waals surface area (Å²) in [5.41, 5.74) is 2.77. The molecule has 2 aromatic carbocycles. The van der Waals surface area contributed by atoms with Gasteiger partial charge < -0.3 is 4.90 Å². The van der Waals surface area contributed by atoms with E-state index in [1.807, 2.05) is 11.8 Å². The minimum absolute atomic E-state index is 1.13. The molecule has 0 radical (unpaired) electrons. The molecule has 2 aromatic rings. The molecule has 0 unspecified atom stereocenters. The number of para-hydroxylation sites is 2. The van der Waals surface area contributed by atoms with Crippen molar-refractivity contribution in [1.29, 1.82) is 0 Å². The van der Waals surface area contributed by atoms with Gasteiger partial charge in [-0.25, -0.2) is 0 Å². The van der Waals surface area contributed by atoms with Gasteiger partial charge in [0.2, 0.25) is 0 Å². The Morgan fingerprint density at radius 1 is 0.485 bits per heavy atom. The molecule has 33 heavy (non-hydrogen) atoms. The zero-order valence-corrected chi connectivity index (χ0v) is 22.0. The van der Waals surface area contributed by atoms with Gasteiger partial charge in [-0.2, -0.15) is 0 Å². The Bertz CT molecular complexity index is 726. The van der Waals surface area contributed by atoms with Gasteiger partial charge >= 0.3 is 0 Å². The molecule has 0 aromatic heterocycles. The minimum atomic E-state index is 1.13. The molecule has 1 aliphatic heterocycles. The highest BCUT2D eigenvalue weighted by Crippen LogP contribution is 2.47. The van der Waals surface area contributed by atoms with Gasteiger partial charge in [-0.1, -0.05) is 146 Å². The van der Waals surface area contributed by atoms with Crippen LogP contribution in [0.15, 0.2) is 58.3 Å². The molecule has 0 bridgehead atoms. The van der Waals surface area contributed by atoms with Crippen LogP contribution in [0, 0.1) is 0 Å². The second-order valence-electron chi connectivity index (χ2n) is 9.85. The van der Waals surface area contributed by atoms with E-state index in [1.54, 1.807) is 0 Å². The number of hydrogen-bond donors (Lipinski definition) is 0. The number of unbranched alkanes of at least 4 members (excludes halogenated alkanes) is 16. The van der Waals surface area contributed by atoms with Crippen LogP contribution in [-0.4, -0.2) is 6.54 Å².